The molecule has 1 fully saturated rings. The monoisotopic (exact) mass is 322 g/mol. The van der Waals surface area contributed by atoms with Crippen molar-refractivity contribution in [2.45, 2.75) is 38.8 Å². The van der Waals surface area contributed by atoms with Crippen molar-refractivity contribution in [1.29, 1.82) is 0 Å². The average Bonchev–Trinajstić information content (AvgIpc) is 2.88. The van der Waals surface area contributed by atoms with Crippen molar-refractivity contribution < 1.29 is 4.79 Å². The molecule has 0 aliphatic carbocycles. The van der Waals surface area contributed by atoms with Crippen LogP contribution in [0.15, 0.2) is 18.5 Å². The normalized spacial score (nSPS) is 21.8. The van der Waals surface area contributed by atoms with Crippen LogP contribution < -0.4 is 5.73 Å². The number of nitrogens with zero attached hydrogens (tertiary/aromatic N) is 3. The fourth-order valence-corrected chi connectivity index (χ4v) is 2.70. The minimum absolute atomic E-state index is 0. The average molecular weight is 323 g/mol. The van der Waals surface area contributed by atoms with Crippen LogP contribution in [0.5, 0.6) is 0 Å². The Bertz CT molecular complexity index is 386. The summed E-state index contributed by atoms with van der Waals surface area (Å²) >= 11 is 0. The maximum Gasteiger partial charge on any atom is 0.224 e. The van der Waals surface area contributed by atoms with E-state index < -0.39 is 0 Å². The summed E-state index contributed by atoms with van der Waals surface area (Å²) in [6, 6.07) is 2.08. The van der Waals surface area contributed by atoms with Gasteiger partial charge in [-0.15, -0.1) is 24.8 Å². The first-order chi connectivity index (χ1) is 8.72. The number of carbonyl (C=O) groups is 1. The topological polar surface area (TPSA) is 64.2 Å². The first kappa shape index (κ1) is 19.2. The number of carbonyl (C=O) groups excluding carboxylic acids is 1. The zero-order valence-electron chi connectivity index (χ0n) is 11.8. The number of aryl methyl sites for hydroxylation is 1. The van der Waals surface area contributed by atoms with Gasteiger partial charge in [0.1, 0.15) is 0 Å². The lowest BCUT2D eigenvalue weighted by molar-refractivity contribution is -0.136. The van der Waals surface area contributed by atoms with Crippen molar-refractivity contribution in [1.82, 2.24) is 14.7 Å². The van der Waals surface area contributed by atoms with Gasteiger partial charge in [-0.05, 0) is 24.8 Å². The summed E-state index contributed by atoms with van der Waals surface area (Å²) in [5.74, 6) is 0.713. The molecule has 2 heterocycles. The predicted octanol–water partition coefficient (Wildman–Crippen LogP) is 1.70. The van der Waals surface area contributed by atoms with Crippen molar-refractivity contribution in [3.05, 3.63) is 18.5 Å². The molecule has 0 radical (unpaired) electrons. The molecule has 1 aromatic rings. The summed E-state index contributed by atoms with van der Waals surface area (Å²) in [5.41, 5.74) is 5.80. The minimum Gasteiger partial charge on any atom is -0.338 e. The zero-order chi connectivity index (χ0) is 13.0. The van der Waals surface area contributed by atoms with E-state index in [-0.39, 0.29) is 36.8 Å². The third-order valence-electron chi connectivity index (χ3n) is 3.79. The summed E-state index contributed by atoms with van der Waals surface area (Å²) in [4.78, 5) is 14.2. The Hall–Kier alpha value is -0.780. The predicted molar refractivity (Wildman–Crippen MR) is 84.3 cm³/mol. The summed E-state index contributed by atoms with van der Waals surface area (Å²) < 4.78 is 1.79. The van der Waals surface area contributed by atoms with Gasteiger partial charge in [0.2, 0.25) is 5.91 Å². The Kier molecular flexibility index (Phi) is 8.85. The van der Waals surface area contributed by atoms with Gasteiger partial charge in [0.15, 0.2) is 0 Å². The molecule has 1 saturated heterocycles. The lowest BCUT2D eigenvalue weighted by Crippen LogP contribution is -2.51. The van der Waals surface area contributed by atoms with Crippen LogP contribution in [0, 0.1) is 5.92 Å². The molecular weight excluding hydrogens is 299 g/mol. The summed E-state index contributed by atoms with van der Waals surface area (Å²) in [7, 11) is 0. The number of aromatic nitrogens is 2. The Balaban J connectivity index is 0.00000180. The van der Waals surface area contributed by atoms with Gasteiger partial charge in [-0.1, -0.05) is 6.92 Å². The van der Waals surface area contributed by atoms with E-state index >= 15 is 0 Å². The molecule has 20 heavy (non-hydrogen) atoms. The maximum atomic E-state index is 12.2. The molecule has 1 aliphatic rings. The number of hydrogen-bond acceptors (Lipinski definition) is 3. The number of amides is 1. The van der Waals surface area contributed by atoms with Crippen molar-refractivity contribution in [3.8, 4) is 0 Å². The SMILES string of the molecule is CC1CCCN(C(=O)CCn2cccn2)C1CN.Cl.Cl. The van der Waals surface area contributed by atoms with Gasteiger partial charge in [-0.3, -0.25) is 9.48 Å². The zero-order valence-corrected chi connectivity index (χ0v) is 13.4. The van der Waals surface area contributed by atoms with Crippen LogP contribution in [0.3, 0.4) is 0 Å². The number of likely N-dealkylation sites (tertiary alicyclic amines) is 1. The highest BCUT2D eigenvalue weighted by Crippen LogP contribution is 2.23. The second-order valence-electron chi connectivity index (χ2n) is 5.03. The quantitative estimate of drug-likeness (QED) is 0.917. The third kappa shape index (κ3) is 4.65. The van der Waals surface area contributed by atoms with Gasteiger partial charge in [-0.25, -0.2) is 0 Å². The highest BCUT2D eigenvalue weighted by atomic mass is 35.5. The van der Waals surface area contributed by atoms with Crippen LogP contribution in [0.25, 0.3) is 0 Å². The molecule has 0 spiro atoms. The van der Waals surface area contributed by atoms with Gasteiger partial charge in [0.25, 0.3) is 0 Å². The number of hydrogen-bond donors (Lipinski definition) is 1. The van der Waals surface area contributed by atoms with Crippen LogP contribution >= 0.6 is 24.8 Å². The van der Waals surface area contributed by atoms with Gasteiger partial charge in [-0.2, -0.15) is 5.10 Å². The van der Waals surface area contributed by atoms with Gasteiger partial charge >= 0.3 is 0 Å². The second kappa shape index (κ2) is 9.21. The van der Waals surface area contributed by atoms with Crippen LogP contribution in [0.2, 0.25) is 0 Å². The third-order valence-corrected chi connectivity index (χ3v) is 3.79. The molecule has 7 heteroatoms. The fourth-order valence-electron chi connectivity index (χ4n) is 2.70. The number of nitrogens with two attached hydrogens (primary N) is 1. The van der Waals surface area contributed by atoms with E-state index in [0.717, 1.165) is 13.0 Å². The molecule has 0 saturated carbocycles. The van der Waals surface area contributed by atoms with Gasteiger partial charge in [0.05, 0.1) is 0 Å². The van der Waals surface area contributed by atoms with Crippen molar-refractivity contribution >= 4 is 30.7 Å². The molecule has 5 nitrogen and oxygen atoms in total. The first-order valence-electron chi connectivity index (χ1n) is 6.69. The number of piperidine rings is 1. The summed E-state index contributed by atoms with van der Waals surface area (Å²) in [6.07, 6.45) is 6.38. The van der Waals surface area contributed by atoms with Crippen LogP contribution in [-0.2, 0) is 11.3 Å². The van der Waals surface area contributed by atoms with Crippen molar-refractivity contribution in [3.63, 3.8) is 0 Å². The van der Waals surface area contributed by atoms with E-state index in [1.165, 1.54) is 6.42 Å². The minimum atomic E-state index is 0. The molecule has 0 bridgehead atoms. The molecule has 116 valence electrons. The van der Waals surface area contributed by atoms with Crippen molar-refractivity contribution in [2.24, 2.45) is 11.7 Å². The highest BCUT2D eigenvalue weighted by Gasteiger charge is 2.30. The standard InChI is InChI=1S/C13H22N4O.2ClH/c1-11-4-2-8-17(12(11)10-14)13(18)5-9-16-7-3-6-15-16;;/h3,6-7,11-12H,2,4-5,8-10,14H2,1H3;2*1H. The summed E-state index contributed by atoms with van der Waals surface area (Å²) in [5, 5.41) is 4.11. The van der Waals surface area contributed by atoms with Crippen LogP contribution in [0.4, 0.5) is 0 Å². The number of rotatable bonds is 4. The largest absolute Gasteiger partial charge is 0.338 e. The summed E-state index contributed by atoms with van der Waals surface area (Å²) in [6.45, 7) is 4.25. The molecule has 1 amide bonds. The lowest BCUT2D eigenvalue weighted by atomic mass is 9.90. The second-order valence-corrected chi connectivity index (χ2v) is 5.03. The Labute approximate surface area is 132 Å². The van der Waals surface area contributed by atoms with E-state index in [1.807, 2.05) is 17.2 Å². The molecule has 2 unspecified atom stereocenters. The smallest absolute Gasteiger partial charge is 0.224 e. The molecule has 0 aromatic carbocycles. The lowest BCUT2D eigenvalue weighted by Gasteiger charge is -2.39. The molecule has 1 aliphatic heterocycles. The van der Waals surface area contributed by atoms with Crippen LogP contribution in [-0.4, -0.2) is 39.7 Å². The Morgan fingerprint density at radius 1 is 1.45 bits per heavy atom. The van der Waals surface area contributed by atoms with Crippen molar-refractivity contribution in [2.75, 3.05) is 13.1 Å². The van der Waals surface area contributed by atoms with E-state index in [9.17, 15) is 4.79 Å². The Morgan fingerprint density at radius 2 is 2.20 bits per heavy atom. The maximum absolute atomic E-state index is 12.2. The van der Waals surface area contributed by atoms with Gasteiger partial charge < -0.3 is 10.6 Å². The molecule has 2 N–H and O–H groups in total. The van der Waals surface area contributed by atoms with Crippen LogP contribution in [0.1, 0.15) is 26.2 Å². The highest BCUT2D eigenvalue weighted by molar-refractivity contribution is 5.85. The molecular formula is C13H24Cl2N4O. The molecule has 1 aromatic heterocycles. The van der Waals surface area contributed by atoms with E-state index in [2.05, 4.69) is 12.0 Å². The van der Waals surface area contributed by atoms with E-state index in [1.54, 1.807) is 10.9 Å². The Morgan fingerprint density at radius 3 is 2.80 bits per heavy atom. The fraction of sp³-hybridized carbons (Fsp3) is 0.692. The van der Waals surface area contributed by atoms with E-state index in [0.29, 0.717) is 25.4 Å². The number of halogens is 2. The van der Waals surface area contributed by atoms with E-state index in [4.69, 9.17) is 5.73 Å². The molecule has 2 atom stereocenters. The van der Waals surface area contributed by atoms with Gasteiger partial charge in [0, 0.05) is 44.5 Å². The first-order valence-corrected chi connectivity index (χ1v) is 6.69. The molecule has 2 rings (SSSR count).